The molecule has 0 bridgehead atoms. The quantitative estimate of drug-likeness (QED) is 0.296. The number of hydrogen-bond donors (Lipinski definition) is 3. The van der Waals surface area contributed by atoms with Gasteiger partial charge in [-0.25, -0.2) is 19.0 Å². The van der Waals surface area contributed by atoms with Crippen molar-refractivity contribution >= 4 is 29.0 Å². The number of fused-ring (bicyclic) bond motifs is 2. The Morgan fingerprint density at radius 1 is 1.07 bits per heavy atom. The van der Waals surface area contributed by atoms with E-state index in [1.807, 2.05) is 19.9 Å². The maximum Gasteiger partial charge on any atom is 0.269 e. The fourth-order valence-electron chi connectivity index (χ4n) is 4.93. The summed E-state index contributed by atoms with van der Waals surface area (Å²) in [5.41, 5.74) is 1.20. The number of rotatable bonds is 6. The van der Waals surface area contributed by atoms with Gasteiger partial charge in [0.15, 0.2) is 0 Å². The van der Waals surface area contributed by atoms with Crippen LogP contribution in [0.15, 0.2) is 65.7 Å². The van der Waals surface area contributed by atoms with E-state index in [9.17, 15) is 14.0 Å². The van der Waals surface area contributed by atoms with Crippen LogP contribution in [0.1, 0.15) is 41.8 Å². The number of anilines is 2. The molecule has 0 spiro atoms. The van der Waals surface area contributed by atoms with Gasteiger partial charge in [-0.15, -0.1) is 0 Å². The molecule has 0 aliphatic carbocycles. The lowest BCUT2D eigenvalue weighted by Gasteiger charge is -2.17. The van der Waals surface area contributed by atoms with Gasteiger partial charge >= 0.3 is 0 Å². The van der Waals surface area contributed by atoms with Crippen LogP contribution in [-0.4, -0.2) is 51.1 Å². The number of ether oxygens (including phenoxy) is 1. The SMILES string of the molecule is CC(C)Nc1ccc(-c2nn3c(c2C(=O)N[C@H]2N=C(c4ccccc4)c4cccc(F)c4NC2=O)OCCC3)c(F)n1. The number of nitrogens with one attached hydrogen (secondary N) is 3. The average molecular weight is 572 g/mol. The largest absolute Gasteiger partial charge is 0.477 e. The Balaban J connectivity index is 1.41. The first kappa shape index (κ1) is 27.1. The van der Waals surface area contributed by atoms with Gasteiger partial charge in [-0.2, -0.15) is 9.49 Å². The van der Waals surface area contributed by atoms with Crippen LogP contribution in [0, 0.1) is 11.8 Å². The number of aliphatic imine (C=N–C) groups is 1. The Morgan fingerprint density at radius 3 is 2.64 bits per heavy atom. The van der Waals surface area contributed by atoms with Crippen molar-refractivity contribution in [2.75, 3.05) is 17.2 Å². The third-order valence-electron chi connectivity index (χ3n) is 6.76. The summed E-state index contributed by atoms with van der Waals surface area (Å²) in [6.07, 6.45) is -0.806. The standard InChI is InChI=1S/C30H27F2N7O3/c1-16(2)33-21-13-12-19(26(32)34-21)25-22(30-39(38-25)14-7-15-42-30)28(40)37-27-29(41)36-24-18(10-6-11-20(24)31)23(35-27)17-8-4-3-5-9-17/h3-6,8-13,16,27H,7,14-15H2,1-2H3,(H,33,34)(H,36,41)(H,37,40)/t27-/m1/s1. The predicted molar refractivity (Wildman–Crippen MR) is 153 cm³/mol. The Labute approximate surface area is 239 Å². The zero-order chi connectivity index (χ0) is 29.4. The molecule has 0 radical (unpaired) electrons. The molecule has 10 nitrogen and oxygen atoms in total. The van der Waals surface area contributed by atoms with Crippen molar-refractivity contribution in [1.82, 2.24) is 20.1 Å². The number of benzodiazepines with no additional fused rings is 1. The molecule has 2 aliphatic rings. The van der Waals surface area contributed by atoms with E-state index < -0.39 is 29.7 Å². The lowest BCUT2D eigenvalue weighted by atomic mass is 10.0. The minimum Gasteiger partial charge on any atom is -0.477 e. The van der Waals surface area contributed by atoms with Crippen molar-refractivity contribution in [2.24, 2.45) is 4.99 Å². The number of aryl methyl sites for hydroxylation is 1. The number of nitrogens with zero attached hydrogens (tertiary/aromatic N) is 4. The normalized spacial score (nSPS) is 16.0. The molecule has 4 heterocycles. The molecule has 2 amide bonds. The summed E-state index contributed by atoms with van der Waals surface area (Å²) in [6.45, 7) is 4.59. The number of aromatic nitrogens is 3. The lowest BCUT2D eigenvalue weighted by molar-refractivity contribution is -0.117. The van der Waals surface area contributed by atoms with E-state index in [4.69, 9.17) is 4.74 Å². The molecule has 6 rings (SSSR count). The van der Waals surface area contributed by atoms with Crippen molar-refractivity contribution in [3.8, 4) is 17.1 Å². The van der Waals surface area contributed by atoms with Gasteiger partial charge in [-0.3, -0.25) is 9.59 Å². The number of pyridine rings is 1. The number of hydrogen-bond acceptors (Lipinski definition) is 7. The van der Waals surface area contributed by atoms with Gasteiger partial charge in [-0.05, 0) is 32.0 Å². The third kappa shape index (κ3) is 5.06. The number of para-hydroxylation sites is 1. The smallest absolute Gasteiger partial charge is 0.269 e. The van der Waals surface area contributed by atoms with Crippen LogP contribution in [0.4, 0.5) is 20.3 Å². The summed E-state index contributed by atoms with van der Waals surface area (Å²) >= 11 is 0. The van der Waals surface area contributed by atoms with Crippen molar-refractivity contribution in [3.05, 3.63) is 89.1 Å². The Hall–Kier alpha value is -5.13. The van der Waals surface area contributed by atoms with E-state index in [1.54, 1.807) is 36.4 Å². The van der Waals surface area contributed by atoms with Gasteiger partial charge in [-0.1, -0.05) is 42.5 Å². The number of amides is 2. The second-order valence-corrected chi connectivity index (χ2v) is 10.2. The Kier molecular flexibility index (Phi) is 7.11. The van der Waals surface area contributed by atoms with Crippen molar-refractivity contribution in [1.29, 1.82) is 0 Å². The molecule has 1 atom stereocenters. The molecule has 0 fully saturated rings. The minimum absolute atomic E-state index is 0.00627. The fourth-order valence-corrected chi connectivity index (χ4v) is 4.93. The first-order valence-corrected chi connectivity index (χ1v) is 13.5. The topological polar surface area (TPSA) is 123 Å². The maximum atomic E-state index is 15.3. The zero-order valence-corrected chi connectivity index (χ0v) is 22.8. The van der Waals surface area contributed by atoms with Crippen LogP contribution in [0.2, 0.25) is 0 Å². The van der Waals surface area contributed by atoms with Gasteiger partial charge in [0.2, 0.25) is 18.0 Å². The molecule has 0 unspecified atom stereocenters. The Bertz CT molecular complexity index is 1720. The monoisotopic (exact) mass is 571 g/mol. The minimum atomic E-state index is -1.45. The zero-order valence-electron chi connectivity index (χ0n) is 22.8. The maximum absolute atomic E-state index is 15.3. The molecule has 12 heteroatoms. The average Bonchev–Trinajstić information content (AvgIpc) is 3.29. The first-order valence-electron chi connectivity index (χ1n) is 13.5. The number of benzene rings is 2. The van der Waals surface area contributed by atoms with Gasteiger partial charge < -0.3 is 20.7 Å². The predicted octanol–water partition coefficient (Wildman–Crippen LogP) is 4.37. The highest BCUT2D eigenvalue weighted by atomic mass is 19.1. The van der Waals surface area contributed by atoms with Crippen LogP contribution in [0.25, 0.3) is 11.3 Å². The summed E-state index contributed by atoms with van der Waals surface area (Å²) in [6, 6.07) is 16.5. The van der Waals surface area contributed by atoms with Gasteiger partial charge in [0, 0.05) is 30.1 Å². The Morgan fingerprint density at radius 2 is 1.88 bits per heavy atom. The molecule has 2 aromatic carbocycles. The van der Waals surface area contributed by atoms with Crippen LogP contribution in [-0.2, 0) is 11.3 Å². The molecule has 2 aromatic heterocycles. The van der Waals surface area contributed by atoms with E-state index in [2.05, 4.69) is 31.0 Å². The highest BCUT2D eigenvalue weighted by Crippen LogP contribution is 2.34. The number of carbonyl (C=O) groups is 2. The second kappa shape index (κ2) is 11.0. The second-order valence-electron chi connectivity index (χ2n) is 10.2. The molecule has 4 aromatic rings. The molecule has 2 aliphatic heterocycles. The molecule has 42 heavy (non-hydrogen) atoms. The number of carbonyl (C=O) groups excluding carboxylic acids is 2. The van der Waals surface area contributed by atoms with E-state index in [1.165, 1.54) is 22.9 Å². The summed E-state index contributed by atoms with van der Waals surface area (Å²) in [5, 5.41) is 12.7. The highest BCUT2D eigenvalue weighted by Gasteiger charge is 2.34. The molecule has 214 valence electrons. The van der Waals surface area contributed by atoms with Crippen LogP contribution in [0.3, 0.4) is 0 Å². The van der Waals surface area contributed by atoms with Crippen molar-refractivity contribution in [3.63, 3.8) is 0 Å². The van der Waals surface area contributed by atoms with Gasteiger partial charge in [0.25, 0.3) is 11.8 Å². The molecule has 0 saturated carbocycles. The summed E-state index contributed by atoms with van der Waals surface area (Å²) in [4.78, 5) is 35.8. The fraction of sp³-hybridized carbons (Fsp3) is 0.233. The summed E-state index contributed by atoms with van der Waals surface area (Å²) in [5.74, 6) is -2.50. The molecular weight excluding hydrogens is 544 g/mol. The van der Waals surface area contributed by atoms with E-state index in [0.29, 0.717) is 42.2 Å². The molecular formula is C30H27F2N7O3. The van der Waals surface area contributed by atoms with E-state index >= 15 is 4.39 Å². The molecule has 3 N–H and O–H groups in total. The van der Waals surface area contributed by atoms with Gasteiger partial charge in [0.05, 0.1) is 23.6 Å². The molecule has 0 saturated heterocycles. The van der Waals surface area contributed by atoms with E-state index in [-0.39, 0.29) is 34.4 Å². The summed E-state index contributed by atoms with van der Waals surface area (Å²) < 4.78 is 37.4. The van der Waals surface area contributed by atoms with Crippen molar-refractivity contribution < 1.29 is 23.1 Å². The van der Waals surface area contributed by atoms with Crippen molar-refractivity contribution in [2.45, 2.75) is 39.0 Å². The first-order chi connectivity index (χ1) is 20.3. The van der Waals surface area contributed by atoms with E-state index in [0.717, 1.165) is 0 Å². The van der Waals surface area contributed by atoms with Crippen LogP contribution < -0.4 is 20.7 Å². The third-order valence-corrected chi connectivity index (χ3v) is 6.76. The summed E-state index contributed by atoms with van der Waals surface area (Å²) in [7, 11) is 0. The van der Waals surface area contributed by atoms with Gasteiger partial charge in [0.1, 0.15) is 22.9 Å². The number of halogens is 2. The highest BCUT2D eigenvalue weighted by molar-refractivity contribution is 6.20. The lowest BCUT2D eigenvalue weighted by Crippen LogP contribution is -2.42. The van der Waals surface area contributed by atoms with Crippen LogP contribution >= 0.6 is 0 Å². The van der Waals surface area contributed by atoms with Crippen LogP contribution in [0.5, 0.6) is 5.88 Å².